The van der Waals surface area contributed by atoms with Gasteiger partial charge in [0.05, 0.1) is 25.8 Å². The number of thiazole rings is 1. The summed E-state index contributed by atoms with van der Waals surface area (Å²) in [4.78, 5) is 19.0. The third kappa shape index (κ3) is 4.74. The molecule has 1 heterocycles. The lowest BCUT2D eigenvalue weighted by atomic mass is 9.98. The minimum atomic E-state index is -0.212. The van der Waals surface area contributed by atoms with Crippen molar-refractivity contribution < 1.29 is 19.4 Å². The van der Waals surface area contributed by atoms with Crippen molar-refractivity contribution in [1.29, 1.82) is 0 Å². The summed E-state index contributed by atoms with van der Waals surface area (Å²) >= 11 is 1.47. The lowest BCUT2D eigenvalue weighted by Gasteiger charge is -2.22. The van der Waals surface area contributed by atoms with Gasteiger partial charge in [0.25, 0.3) is 5.91 Å². The van der Waals surface area contributed by atoms with Crippen LogP contribution in [0.15, 0.2) is 23.6 Å². The van der Waals surface area contributed by atoms with Crippen LogP contribution in [0.25, 0.3) is 0 Å². The molecule has 26 heavy (non-hydrogen) atoms. The summed E-state index contributed by atoms with van der Waals surface area (Å²) in [5.41, 5.74) is 1.09. The number of aliphatic hydroxyl groups is 1. The first kappa shape index (κ1) is 20.2. The molecule has 7 heteroatoms. The largest absolute Gasteiger partial charge is 0.497 e. The number of hydrogen-bond acceptors (Lipinski definition) is 6. The molecule has 0 bridgehead atoms. The van der Waals surface area contributed by atoms with Gasteiger partial charge in [-0.25, -0.2) is 4.98 Å². The molecule has 0 aliphatic rings. The maximum absolute atomic E-state index is 12.9. The van der Waals surface area contributed by atoms with Crippen LogP contribution in [0.5, 0.6) is 11.5 Å². The first-order valence-electron chi connectivity index (χ1n) is 8.37. The second-order valence-electron chi connectivity index (χ2n) is 6.92. The molecule has 0 saturated carbocycles. The minimum absolute atomic E-state index is 0.110. The van der Waals surface area contributed by atoms with Crippen LogP contribution in [0, 0.1) is 0 Å². The molecule has 1 aromatic heterocycles. The van der Waals surface area contributed by atoms with Crippen molar-refractivity contribution in [2.45, 2.75) is 32.7 Å². The van der Waals surface area contributed by atoms with E-state index in [1.807, 2.05) is 6.07 Å². The average molecular weight is 378 g/mol. The number of benzene rings is 1. The lowest BCUT2D eigenvalue weighted by molar-refractivity contribution is 0.0701. The predicted octanol–water partition coefficient (Wildman–Crippen LogP) is 3.09. The zero-order chi connectivity index (χ0) is 19.3. The topological polar surface area (TPSA) is 71.9 Å². The lowest BCUT2D eigenvalue weighted by Crippen LogP contribution is -2.33. The van der Waals surface area contributed by atoms with E-state index < -0.39 is 0 Å². The fourth-order valence-electron chi connectivity index (χ4n) is 2.46. The van der Waals surface area contributed by atoms with Crippen molar-refractivity contribution in [3.63, 3.8) is 0 Å². The number of ether oxygens (including phenoxy) is 2. The second-order valence-corrected chi connectivity index (χ2v) is 7.77. The quantitative estimate of drug-likeness (QED) is 0.802. The van der Waals surface area contributed by atoms with Crippen LogP contribution >= 0.6 is 11.3 Å². The summed E-state index contributed by atoms with van der Waals surface area (Å²) in [5.74, 6) is 1.13. The Balaban J connectivity index is 2.28. The first-order chi connectivity index (χ1) is 12.3. The number of nitrogens with zero attached hydrogens (tertiary/aromatic N) is 2. The molecule has 0 saturated heterocycles. The number of amides is 1. The summed E-state index contributed by atoms with van der Waals surface area (Å²) in [5, 5.41) is 12.1. The average Bonchev–Trinajstić information content (AvgIpc) is 3.11. The van der Waals surface area contributed by atoms with Gasteiger partial charge < -0.3 is 19.5 Å². The van der Waals surface area contributed by atoms with Gasteiger partial charge in [0, 0.05) is 29.4 Å². The SMILES string of the molecule is COc1ccc(OC)c(CN(CCO)C(=O)c2csc(C(C)(C)C)n2)c1. The van der Waals surface area contributed by atoms with Gasteiger partial charge in [0.1, 0.15) is 17.2 Å². The predicted molar refractivity (Wildman–Crippen MR) is 102 cm³/mol. The standard InChI is InChI=1S/C19H26N2O4S/c1-19(2,3)18-20-15(12-26-18)17(23)21(8-9-22)11-13-10-14(24-4)6-7-16(13)25-5/h6-7,10,12,22H,8-9,11H2,1-5H3. The smallest absolute Gasteiger partial charge is 0.273 e. The molecule has 0 aliphatic carbocycles. The molecule has 142 valence electrons. The Hall–Kier alpha value is -2.12. The molecule has 6 nitrogen and oxygen atoms in total. The van der Waals surface area contributed by atoms with Crippen LogP contribution in [-0.4, -0.2) is 48.3 Å². The third-order valence-corrected chi connectivity index (χ3v) is 5.14. The zero-order valence-electron chi connectivity index (χ0n) is 15.9. The van der Waals surface area contributed by atoms with E-state index in [0.29, 0.717) is 23.7 Å². The Labute approximate surface area is 158 Å². The van der Waals surface area contributed by atoms with E-state index in [9.17, 15) is 9.90 Å². The van der Waals surface area contributed by atoms with Crippen LogP contribution in [-0.2, 0) is 12.0 Å². The number of methoxy groups -OCH3 is 2. The van der Waals surface area contributed by atoms with Gasteiger partial charge in [-0.05, 0) is 18.2 Å². The van der Waals surface area contributed by atoms with Crippen LogP contribution in [0.4, 0.5) is 0 Å². The summed E-state index contributed by atoms with van der Waals surface area (Å²) in [6, 6.07) is 5.44. The van der Waals surface area contributed by atoms with Gasteiger partial charge >= 0.3 is 0 Å². The third-order valence-electron chi connectivity index (χ3n) is 3.87. The molecular weight excluding hydrogens is 352 g/mol. The fraction of sp³-hybridized carbons (Fsp3) is 0.474. The van der Waals surface area contributed by atoms with E-state index in [0.717, 1.165) is 10.6 Å². The normalized spacial score (nSPS) is 11.3. The minimum Gasteiger partial charge on any atom is -0.497 e. The molecule has 1 aromatic carbocycles. The van der Waals surface area contributed by atoms with E-state index in [1.165, 1.54) is 11.3 Å². The highest BCUT2D eigenvalue weighted by Gasteiger charge is 2.24. The summed E-state index contributed by atoms with van der Waals surface area (Å²) in [7, 11) is 3.17. The van der Waals surface area contributed by atoms with Crippen LogP contribution < -0.4 is 9.47 Å². The number of carbonyl (C=O) groups excluding carboxylic acids is 1. The van der Waals surface area contributed by atoms with Crippen molar-refractivity contribution in [2.24, 2.45) is 0 Å². The first-order valence-corrected chi connectivity index (χ1v) is 9.25. The van der Waals surface area contributed by atoms with Gasteiger partial charge in [-0.3, -0.25) is 4.79 Å². The number of hydrogen-bond donors (Lipinski definition) is 1. The molecule has 1 N–H and O–H groups in total. The van der Waals surface area contributed by atoms with Crippen LogP contribution in [0.1, 0.15) is 41.8 Å². The van der Waals surface area contributed by atoms with Gasteiger partial charge in [-0.1, -0.05) is 20.8 Å². The van der Waals surface area contributed by atoms with E-state index in [4.69, 9.17) is 9.47 Å². The number of rotatable bonds is 7. The Morgan fingerprint density at radius 2 is 2.00 bits per heavy atom. The molecule has 0 unspecified atom stereocenters. The maximum Gasteiger partial charge on any atom is 0.273 e. The molecule has 1 amide bonds. The number of aromatic nitrogens is 1. The Kier molecular flexibility index (Phi) is 6.61. The van der Waals surface area contributed by atoms with Gasteiger partial charge in [-0.15, -0.1) is 11.3 Å². The molecule has 0 fully saturated rings. The van der Waals surface area contributed by atoms with E-state index >= 15 is 0 Å². The second kappa shape index (κ2) is 8.51. The molecule has 2 rings (SSSR count). The highest BCUT2D eigenvalue weighted by Crippen LogP contribution is 2.28. The highest BCUT2D eigenvalue weighted by atomic mass is 32.1. The molecule has 0 aliphatic heterocycles. The van der Waals surface area contributed by atoms with Crippen molar-refractivity contribution in [1.82, 2.24) is 9.88 Å². The summed E-state index contributed by atoms with van der Waals surface area (Å²) < 4.78 is 10.7. The molecule has 0 atom stereocenters. The van der Waals surface area contributed by atoms with Crippen molar-refractivity contribution >= 4 is 17.2 Å². The van der Waals surface area contributed by atoms with Crippen molar-refractivity contribution in [3.8, 4) is 11.5 Å². The number of carbonyl (C=O) groups is 1. The summed E-state index contributed by atoms with van der Waals surface area (Å²) in [6.45, 7) is 6.56. The van der Waals surface area contributed by atoms with Gasteiger partial charge in [0.2, 0.25) is 0 Å². The van der Waals surface area contributed by atoms with Crippen LogP contribution in [0.2, 0.25) is 0 Å². The van der Waals surface area contributed by atoms with E-state index in [1.54, 1.807) is 36.6 Å². The highest BCUT2D eigenvalue weighted by molar-refractivity contribution is 7.10. The molecule has 0 spiro atoms. The van der Waals surface area contributed by atoms with Crippen molar-refractivity contribution in [3.05, 3.63) is 39.8 Å². The van der Waals surface area contributed by atoms with Crippen molar-refractivity contribution in [2.75, 3.05) is 27.4 Å². The Bertz CT molecular complexity index is 752. The zero-order valence-corrected chi connectivity index (χ0v) is 16.7. The Morgan fingerprint density at radius 1 is 1.27 bits per heavy atom. The monoisotopic (exact) mass is 378 g/mol. The summed E-state index contributed by atoms with van der Waals surface area (Å²) in [6.07, 6.45) is 0. The Morgan fingerprint density at radius 3 is 2.54 bits per heavy atom. The molecule has 2 aromatic rings. The fourth-order valence-corrected chi connectivity index (χ4v) is 3.34. The number of aliphatic hydroxyl groups excluding tert-OH is 1. The van der Waals surface area contributed by atoms with E-state index in [-0.39, 0.29) is 24.5 Å². The van der Waals surface area contributed by atoms with E-state index in [2.05, 4.69) is 25.8 Å². The van der Waals surface area contributed by atoms with Gasteiger partial charge in [-0.2, -0.15) is 0 Å². The maximum atomic E-state index is 12.9. The van der Waals surface area contributed by atoms with Crippen LogP contribution in [0.3, 0.4) is 0 Å². The molecular formula is C19H26N2O4S. The molecule has 0 radical (unpaired) electrons. The van der Waals surface area contributed by atoms with Gasteiger partial charge in [0.15, 0.2) is 0 Å².